The third-order valence-corrected chi connectivity index (χ3v) is 3.22. The molecule has 0 radical (unpaired) electrons. The fourth-order valence-corrected chi connectivity index (χ4v) is 2.38. The van der Waals surface area contributed by atoms with Crippen molar-refractivity contribution in [2.24, 2.45) is 0 Å². The predicted molar refractivity (Wildman–Crippen MR) is 76.4 cm³/mol. The van der Waals surface area contributed by atoms with Crippen molar-refractivity contribution in [1.82, 2.24) is 15.3 Å². The van der Waals surface area contributed by atoms with Crippen LogP contribution in [0.15, 0.2) is 30.5 Å². The lowest BCUT2D eigenvalue weighted by atomic mass is 10.1. The van der Waals surface area contributed by atoms with Gasteiger partial charge < -0.3 is 15.0 Å². The highest BCUT2D eigenvalue weighted by molar-refractivity contribution is 5.80. The van der Waals surface area contributed by atoms with Gasteiger partial charge in [0, 0.05) is 17.8 Å². The molecule has 2 aromatic rings. The highest BCUT2D eigenvalue weighted by Gasteiger charge is 2.16. The van der Waals surface area contributed by atoms with Crippen LogP contribution in [0.25, 0.3) is 11.0 Å². The van der Waals surface area contributed by atoms with Crippen molar-refractivity contribution in [3.8, 4) is 5.88 Å². The summed E-state index contributed by atoms with van der Waals surface area (Å²) in [5.74, 6) is 0.683. The first-order chi connectivity index (χ1) is 9.24. The Balaban J connectivity index is 2.00. The standard InChI is InChI=1S/C15H19N3O/c1-10(2)19-14-7-6-13-15(18-14)11(9-17-13)12-5-3-4-8-16-12/h3,5-7,9-10,12,16-17H,4,8H2,1-2H3. The van der Waals surface area contributed by atoms with E-state index in [-0.39, 0.29) is 12.1 Å². The van der Waals surface area contributed by atoms with Crippen molar-refractivity contribution in [3.63, 3.8) is 0 Å². The predicted octanol–water partition coefficient (Wildman–Crippen LogP) is 2.94. The van der Waals surface area contributed by atoms with Gasteiger partial charge in [0.15, 0.2) is 0 Å². The van der Waals surface area contributed by atoms with Gasteiger partial charge in [0.2, 0.25) is 5.88 Å². The van der Waals surface area contributed by atoms with Crippen LogP contribution in [-0.4, -0.2) is 22.6 Å². The molecule has 100 valence electrons. The second-order valence-electron chi connectivity index (χ2n) is 5.10. The van der Waals surface area contributed by atoms with Crippen LogP contribution in [0.2, 0.25) is 0 Å². The van der Waals surface area contributed by atoms with Crippen LogP contribution in [0.5, 0.6) is 5.88 Å². The first-order valence-electron chi connectivity index (χ1n) is 6.79. The molecule has 3 heterocycles. The largest absolute Gasteiger partial charge is 0.475 e. The Hall–Kier alpha value is -1.81. The van der Waals surface area contributed by atoms with Crippen molar-refractivity contribution in [2.75, 3.05) is 6.54 Å². The average molecular weight is 257 g/mol. The SMILES string of the molecule is CC(C)Oc1ccc2[nH]cc(C3C=CCCN3)c2n1. The molecule has 1 atom stereocenters. The van der Waals surface area contributed by atoms with E-state index in [1.807, 2.05) is 32.2 Å². The summed E-state index contributed by atoms with van der Waals surface area (Å²) in [6.07, 6.45) is 7.68. The minimum absolute atomic E-state index is 0.139. The lowest BCUT2D eigenvalue weighted by Gasteiger charge is -2.17. The number of H-pyrrole nitrogens is 1. The Bertz CT molecular complexity index is 600. The fraction of sp³-hybridized carbons (Fsp3) is 0.400. The normalized spacial score (nSPS) is 19.2. The topological polar surface area (TPSA) is 49.9 Å². The number of aromatic amines is 1. The van der Waals surface area contributed by atoms with Crippen LogP contribution in [0.4, 0.5) is 0 Å². The minimum Gasteiger partial charge on any atom is -0.475 e. The zero-order chi connectivity index (χ0) is 13.2. The van der Waals surface area contributed by atoms with Crippen LogP contribution >= 0.6 is 0 Å². The highest BCUT2D eigenvalue weighted by Crippen LogP contribution is 2.27. The molecular weight excluding hydrogens is 238 g/mol. The first kappa shape index (κ1) is 12.2. The molecule has 0 spiro atoms. The maximum absolute atomic E-state index is 5.67. The van der Waals surface area contributed by atoms with Crippen LogP contribution in [0.1, 0.15) is 31.9 Å². The number of nitrogens with zero attached hydrogens (tertiary/aromatic N) is 1. The van der Waals surface area contributed by atoms with Gasteiger partial charge in [0.1, 0.15) is 0 Å². The van der Waals surface area contributed by atoms with Crippen molar-refractivity contribution in [2.45, 2.75) is 32.4 Å². The molecule has 4 nitrogen and oxygen atoms in total. The molecule has 0 saturated heterocycles. The van der Waals surface area contributed by atoms with E-state index in [1.54, 1.807) is 0 Å². The Morgan fingerprint density at radius 2 is 2.26 bits per heavy atom. The summed E-state index contributed by atoms with van der Waals surface area (Å²) in [6.45, 7) is 5.03. The third kappa shape index (κ3) is 2.49. The molecule has 3 rings (SSSR count). The van der Waals surface area contributed by atoms with Crippen molar-refractivity contribution < 1.29 is 4.74 Å². The van der Waals surface area contributed by atoms with Crippen molar-refractivity contribution in [3.05, 3.63) is 36.0 Å². The molecule has 4 heteroatoms. The molecule has 1 unspecified atom stereocenters. The molecule has 2 aromatic heterocycles. The minimum atomic E-state index is 0.139. The van der Waals surface area contributed by atoms with E-state index in [0.29, 0.717) is 5.88 Å². The van der Waals surface area contributed by atoms with Gasteiger partial charge in [-0.3, -0.25) is 0 Å². The molecule has 1 aliphatic heterocycles. The molecule has 0 bridgehead atoms. The number of ether oxygens (including phenoxy) is 1. The quantitative estimate of drug-likeness (QED) is 0.831. The van der Waals surface area contributed by atoms with Crippen LogP contribution in [0, 0.1) is 0 Å². The maximum atomic E-state index is 5.67. The fourth-order valence-electron chi connectivity index (χ4n) is 2.38. The van der Waals surface area contributed by atoms with Crippen molar-refractivity contribution in [1.29, 1.82) is 0 Å². The number of rotatable bonds is 3. The molecule has 0 amide bonds. The van der Waals surface area contributed by atoms with E-state index in [4.69, 9.17) is 4.74 Å². The Morgan fingerprint density at radius 1 is 1.37 bits per heavy atom. The van der Waals surface area contributed by atoms with Crippen LogP contribution in [0.3, 0.4) is 0 Å². The van der Waals surface area contributed by atoms with Gasteiger partial charge in [-0.2, -0.15) is 0 Å². The molecule has 19 heavy (non-hydrogen) atoms. The van der Waals surface area contributed by atoms with Gasteiger partial charge in [-0.15, -0.1) is 0 Å². The second-order valence-corrected chi connectivity index (χ2v) is 5.10. The van der Waals surface area contributed by atoms with Crippen LogP contribution in [-0.2, 0) is 0 Å². The molecule has 0 aliphatic carbocycles. The van der Waals surface area contributed by atoms with Gasteiger partial charge >= 0.3 is 0 Å². The van der Waals surface area contributed by atoms with Crippen molar-refractivity contribution >= 4 is 11.0 Å². The Morgan fingerprint density at radius 3 is 3.00 bits per heavy atom. The lowest BCUT2D eigenvalue weighted by Crippen LogP contribution is -2.23. The summed E-state index contributed by atoms with van der Waals surface area (Å²) in [7, 11) is 0. The molecule has 0 fully saturated rings. The van der Waals surface area contributed by atoms with Gasteiger partial charge in [-0.25, -0.2) is 4.98 Å². The smallest absolute Gasteiger partial charge is 0.214 e. The number of fused-ring (bicyclic) bond motifs is 1. The lowest BCUT2D eigenvalue weighted by molar-refractivity contribution is 0.233. The van der Waals surface area contributed by atoms with E-state index >= 15 is 0 Å². The zero-order valence-electron chi connectivity index (χ0n) is 11.3. The van der Waals surface area contributed by atoms with E-state index in [2.05, 4.69) is 27.4 Å². The summed E-state index contributed by atoms with van der Waals surface area (Å²) >= 11 is 0. The Labute approximate surface area is 112 Å². The number of aromatic nitrogens is 2. The average Bonchev–Trinajstić information content (AvgIpc) is 2.82. The second kappa shape index (κ2) is 5.05. The summed E-state index contributed by atoms with van der Waals surface area (Å²) in [4.78, 5) is 7.90. The summed E-state index contributed by atoms with van der Waals surface area (Å²) in [6, 6.07) is 4.17. The van der Waals surface area contributed by atoms with E-state index in [9.17, 15) is 0 Å². The van der Waals surface area contributed by atoms with Gasteiger partial charge in [-0.1, -0.05) is 12.2 Å². The molecule has 0 aromatic carbocycles. The number of nitrogens with one attached hydrogen (secondary N) is 2. The van der Waals surface area contributed by atoms with E-state index < -0.39 is 0 Å². The highest BCUT2D eigenvalue weighted by atomic mass is 16.5. The maximum Gasteiger partial charge on any atom is 0.214 e. The third-order valence-electron chi connectivity index (χ3n) is 3.22. The molecule has 1 aliphatic rings. The van der Waals surface area contributed by atoms with E-state index in [0.717, 1.165) is 24.0 Å². The zero-order valence-corrected chi connectivity index (χ0v) is 11.3. The molecular formula is C15H19N3O. The Kier molecular flexibility index (Phi) is 3.25. The van der Waals surface area contributed by atoms with Crippen LogP contribution < -0.4 is 10.1 Å². The number of hydrogen-bond donors (Lipinski definition) is 2. The van der Waals surface area contributed by atoms with E-state index in [1.165, 1.54) is 5.56 Å². The first-order valence-corrected chi connectivity index (χ1v) is 6.79. The number of pyridine rings is 1. The molecule has 0 saturated carbocycles. The summed E-state index contributed by atoms with van der Waals surface area (Å²) < 4.78 is 5.67. The number of hydrogen-bond acceptors (Lipinski definition) is 3. The summed E-state index contributed by atoms with van der Waals surface area (Å²) in [5, 5.41) is 3.49. The molecule has 2 N–H and O–H groups in total. The van der Waals surface area contributed by atoms with Gasteiger partial charge in [0.05, 0.1) is 23.2 Å². The monoisotopic (exact) mass is 257 g/mol. The summed E-state index contributed by atoms with van der Waals surface area (Å²) in [5.41, 5.74) is 3.22. The van der Waals surface area contributed by atoms with Gasteiger partial charge in [0.25, 0.3) is 0 Å². The van der Waals surface area contributed by atoms with Gasteiger partial charge in [-0.05, 0) is 32.9 Å².